The number of carbonyl (C=O) groups is 1. The Kier molecular flexibility index (Phi) is 7.08. The summed E-state index contributed by atoms with van der Waals surface area (Å²) in [6.07, 6.45) is 6.96. The molecule has 2 aliphatic rings. The van der Waals surface area contributed by atoms with Crippen molar-refractivity contribution in [2.45, 2.75) is 57.5 Å². The predicted molar refractivity (Wildman–Crippen MR) is 101 cm³/mol. The number of amides is 1. The molecule has 1 saturated heterocycles. The van der Waals surface area contributed by atoms with Gasteiger partial charge in [0.1, 0.15) is 0 Å². The first-order valence-electron chi connectivity index (χ1n) is 9.01. The molecule has 3 N–H and O–H groups in total. The number of nitrogens with zero attached hydrogens (tertiary/aromatic N) is 1. The summed E-state index contributed by atoms with van der Waals surface area (Å²) in [6.45, 7) is 4.43. The highest BCUT2D eigenvalue weighted by Gasteiger charge is 2.19. The predicted octanol–water partition coefficient (Wildman–Crippen LogP) is 2.59. The van der Waals surface area contributed by atoms with E-state index in [0.29, 0.717) is 12.6 Å². The molecular formula is C19H30ClN3O. The quantitative estimate of drug-likeness (QED) is 0.876. The van der Waals surface area contributed by atoms with Crippen LogP contribution in [0.5, 0.6) is 0 Å². The van der Waals surface area contributed by atoms with Gasteiger partial charge in [-0.05, 0) is 62.1 Å². The van der Waals surface area contributed by atoms with Gasteiger partial charge in [0, 0.05) is 19.1 Å². The standard InChI is InChI=1S/C19H29N3O.ClH/c1-14(16-7-6-15-4-2-3-5-17(15)12-16)21-19(23)13-22-10-8-18(20)9-11-22;/h6-7,12,14,18H,2-5,8-11,13,20H2,1H3,(H,21,23);1H. The Labute approximate surface area is 151 Å². The fourth-order valence-corrected chi connectivity index (χ4v) is 3.71. The minimum absolute atomic E-state index is 0. The highest BCUT2D eigenvalue weighted by Crippen LogP contribution is 2.24. The first-order chi connectivity index (χ1) is 11.1. The summed E-state index contributed by atoms with van der Waals surface area (Å²) in [6, 6.07) is 7.10. The largest absolute Gasteiger partial charge is 0.348 e. The smallest absolute Gasteiger partial charge is 0.234 e. The maximum absolute atomic E-state index is 12.3. The molecule has 1 aliphatic carbocycles. The maximum Gasteiger partial charge on any atom is 0.234 e. The zero-order valence-electron chi connectivity index (χ0n) is 14.6. The third kappa shape index (κ3) is 4.95. The lowest BCUT2D eigenvalue weighted by molar-refractivity contribution is -0.123. The van der Waals surface area contributed by atoms with E-state index in [4.69, 9.17) is 5.73 Å². The normalized spacial score (nSPS) is 19.9. The summed E-state index contributed by atoms with van der Waals surface area (Å²) in [5, 5.41) is 3.15. The van der Waals surface area contributed by atoms with Gasteiger partial charge < -0.3 is 11.1 Å². The number of likely N-dealkylation sites (tertiary alicyclic amines) is 1. The van der Waals surface area contributed by atoms with Crippen LogP contribution in [0.4, 0.5) is 0 Å². The zero-order valence-corrected chi connectivity index (χ0v) is 15.4. The van der Waals surface area contributed by atoms with Crippen molar-refractivity contribution in [2.24, 2.45) is 5.73 Å². The molecule has 0 radical (unpaired) electrons. The monoisotopic (exact) mass is 351 g/mol. The molecule has 1 unspecified atom stereocenters. The molecule has 1 fully saturated rings. The average molecular weight is 352 g/mol. The van der Waals surface area contributed by atoms with Gasteiger partial charge in [0.15, 0.2) is 0 Å². The lowest BCUT2D eigenvalue weighted by atomic mass is 9.89. The molecule has 1 atom stereocenters. The summed E-state index contributed by atoms with van der Waals surface area (Å²) < 4.78 is 0. The molecule has 1 aromatic rings. The lowest BCUT2D eigenvalue weighted by Gasteiger charge is -2.30. The van der Waals surface area contributed by atoms with Crippen LogP contribution >= 0.6 is 12.4 Å². The minimum Gasteiger partial charge on any atom is -0.348 e. The van der Waals surface area contributed by atoms with Gasteiger partial charge >= 0.3 is 0 Å². The lowest BCUT2D eigenvalue weighted by Crippen LogP contribution is -2.44. The van der Waals surface area contributed by atoms with Crippen molar-refractivity contribution in [2.75, 3.05) is 19.6 Å². The second kappa shape index (κ2) is 8.84. The van der Waals surface area contributed by atoms with Gasteiger partial charge in [-0.3, -0.25) is 9.69 Å². The van der Waals surface area contributed by atoms with Crippen molar-refractivity contribution in [1.82, 2.24) is 10.2 Å². The van der Waals surface area contributed by atoms with E-state index in [0.717, 1.165) is 25.9 Å². The van der Waals surface area contributed by atoms with Gasteiger partial charge in [0.2, 0.25) is 5.91 Å². The second-order valence-corrected chi connectivity index (χ2v) is 7.14. The van der Waals surface area contributed by atoms with E-state index in [1.54, 1.807) is 0 Å². The number of nitrogens with one attached hydrogen (secondary N) is 1. The Morgan fingerprint density at radius 2 is 1.92 bits per heavy atom. The Bertz CT molecular complexity index is 556. The van der Waals surface area contributed by atoms with Crippen molar-refractivity contribution in [3.05, 3.63) is 34.9 Å². The maximum atomic E-state index is 12.3. The van der Waals surface area contributed by atoms with E-state index in [2.05, 4.69) is 35.3 Å². The number of halogens is 1. The molecule has 1 amide bonds. The summed E-state index contributed by atoms with van der Waals surface area (Å²) >= 11 is 0. The molecule has 5 heteroatoms. The number of benzene rings is 1. The van der Waals surface area contributed by atoms with Crippen LogP contribution in [0.25, 0.3) is 0 Å². The average Bonchev–Trinajstić information content (AvgIpc) is 2.56. The number of hydrogen-bond acceptors (Lipinski definition) is 3. The van der Waals surface area contributed by atoms with Gasteiger partial charge in [-0.1, -0.05) is 18.2 Å². The van der Waals surface area contributed by atoms with Crippen molar-refractivity contribution in [1.29, 1.82) is 0 Å². The van der Waals surface area contributed by atoms with Crippen LogP contribution in [-0.4, -0.2) is 36.5 Å². The molecule has 0 saturated carbocycles. The highest BCUT2D eigenvalue weighted by atomic mass is 35.5. The third-order valence-corrected chi connectivity index (χ3v) is 5.25. The Balaban J connectivity index is 0.00000208. The van der Waals surface area contributed by atoms with Gasteiger partial charge in [0.05, 0.1) is 12.6 Å². The number of nitrogens with two attached hydrogens (primary N) is 1. The molecule has 1 aliphatic heterocycles. The van der Waals surface area contributed by atoms with E-state index in [9.17, 15) is 4.79 Å². The molecule has 0 bridgehead atoms. The van der Waals surface area contributed by atoms with E-state index < -0.39 is 0 Å². The molecule has 1 heterocycles. The summed E-state index contributed by atoms with van der Waals surface area (Å²) in [5.41, 5.74) is 10.1. The molecule has 3 rings (SSSR count). The number of rotatable bonds is 4. The van der Waals surface area contributed by atoms with Gasteiger partial charge in [0.25, 0.3) is 0 Å². The van der Waals surface area contributed by atoms with Crippen molar-refractivity contribution in [3.8, 4) is 0 Å². The summed E-state index contributed by atoms with van der Waals surface area (Å²) in [4.78, 5) is 14.5. The van der Waals surface area contributed by atoms with Crippen LogP contribution in [0.1, 0.15) is 55.3 Å². The molecule has 134 valence electrons. The van der Waals surface area contributed by atoms with Gasteiger partial charge in [-0.2, -0.15) is 0 Å². The number of aryl methyl sites for hydroxylation is 2. The van der Waals surface area contributed by atoms with Crippen LogP contribution < -0.4 is 11.1 Å². The molecule has 0 spiro atoms. The third-order valence-electron chi connectivity index (χ3n) is 5.25. The second-order valence-electron chi connectivity index (χ2n) is 7.14. The van der Waals surface area contributed by atoms with Gasteiger partial charge in [-0.25, -0.2) is 0 Å². The van der Waals surface area contributed by atoms with Crippen molar-refractivity contribution >= 4 is 18.3 Å². The first kappa shape index (κ1) is 19.2. The Morgan fingerprint density at radius 3 is 2.62 bits per heavy atom. The SMILES string of the molecule is CC(NC(=O)CN1CCC(N)CC1)c1ccc2c(c1)CCCC2.Cl. The Hall–Kier alpha value is -1.10. The molecule has 24 heavy (non-hydrogen) atoms. The van der Waals surface area contributed by atoms with Gasteiger partial charge in [-0.15, -0.1) is 12.4 Å². The number of hydrogen-bond donors (Lipinski definition) is 2. The molecule has 0 aromatic heterocycles. The summed E-state index contributed by atoms with van der Waals surface area (Å²) in [5.74, 6) is 0.116. The molecule has 4 nitrogen and oxygen atoms in total. The molecule has 1 aromatic carbocycles. The van der Waals surface area contributed by atoms with E-state index in [1.165, 1.54) is 42.4 Å². The van der Waals surface area contributed by atoms with Crippen LogP contribution in [0.15, 0.2) is 18.2 Å². The number of fused-ring (bicyclic) bond motifs is 1. The van der Waals surface area contributed by atoms with Crippen molar-refractivity contribution < 1.29 is 4.79 Å². The summed E-state index contributed by atoms with van der Waals surface area (Å²) in [7, 11) is 0. The van der Waals surface area contributed by atoms with Crippen LogP contribution in [-0.2, 0) is 17.6 Å². The van der Waals surface area contributed by atoms with E-state index in [-0.39, 0.29) is 24.4 Å². The topological polar surface area (TPSA) is 58.4 Å². The van der Waals surface area contributed by atoms with E-state index >= 15 is 0 Å². The van der Waals surface area contributed by atoms with Crippen LogP contribution in [0, 0.1) is 0 Å². The fourth-order valence-electron chi connectivity index (χ4n) is 3.71. The zero-order chi connectivity index (χ0) is 16.2. The van der Waals surface area contributed by atoms with Crippen LogP contribution in [0.3, 0.4) is 0 Å². The Morgan fingerprint density at radius 1 is 1.25 bits per heavy atom. The van der Waals surface area contributed by atoms with E-state index in [1.807, 2.05) is 0 Å². The van der Waals surface area contributed by atoms with Crippen molar-refractivity contribution in [3.63, 3.8) is 0 Å². The fraction of sp³-hybridized carbons (Fsp3) is 0.632. The number of carbonyl (C=O) groups excluding carboxylic acids is 1. The van der Waals surface area contributed by atoms with Crippen LogP contribution in [0.2, 0.25) is 0 Å². The minimum atomic E-state index is 0. The highest BCUT2D eigenvalue weighted by molar-refractivity contribution is 5.85. The number of piperidine rings is 1. The molecular weight excluding hydrogens is 322 g/mol. The first-order valence-corrected chi connectivity index (χ1v) is 9.01.